The van der Waals surface area contributed by atoms with Crippen LogP contribution in [0.2, 0.25) is 0 Å². The summed E-state index contributed by atoms with van der Waals surface area (Å²) < 4.78 is 0. The Morgan fingerprint density at radius 2 is 1.55 bits per heavy atom. The first kappa shape index (κ1) is 14.1. The molecule has 0 radical (unpaired) electrons. The summed E-state index contributed by atoms with van der Waals surface area (Å²) in [4.78, 5) is 12.5. The fourth-order valence-electron chi connectivity index (χ4n) is 2.65. The summed E-state index contributed by atoms with van der Waals surface area (Å²) in [5.74, 6) is 0.0568. The molecule has 0 aliphatic heterocycles. The molecule has 0 spiro atoms. The third-order valence-electron chi connectivity index (χ3n) is 3.77. The third-order valence-corrected chi connectivity index (χ3v) is 3.77. The minimum Gasteiger partial charge on any atom is -0.508 e. The fourth-order valence-corrected chi connectivity index (χ4v) is 2.65. The van der Waals surface area contributed by atoms with Crippen molar-refractivity contribution in [1.29, 1.82) is 0 Å². The molecule has 0 bridgehead atoms. The van der Waals surface area contributed by atoms with Gasteiger partial charge in [-0.05, 0) is 60.0 Å². The lowest BCUT2D eigenvalue weighted by molar-refractivity contribution is 0.102. The Labute approximate surface area is 129 Å². The number of benzene rings is 3. The van der Waals surface area contributed by atoms with Gasteiger partial charge in [0.2, 0.25) is 0 Å². The summed E-state index contributed by atoms with van der Waals surface area (Å²) >= 11 is 0. The zero-order chi connectivity index (χ0) is 15.7. The van der Waals surface area contributed by atoms with Crippen molar-refractivity contribution >= 4 is 22.4 Å². The van der Waals surface area contributed by atoms with Crippen molar-refractivity contribution < 1.29 is 9.90 Å². The van der Waals surface area contributed by atoms with E-state index in [-0.39, 0.29) is 11.7 Å². The zero-order valence-corrected chi connectivity index (χ0v) is 12.6. The minimum atomic E-state index is -0.150. The van der Waals surface area contributed by atoms with Gasteiger partial charge in [-0.1, -0.05) is 30.3 Å². The van der Waals surface area contributed by atoms with Crippen LogP contribution in [0.25, 0.3) is 10.8 Å². The predicted octanol–water partition coefficient (Wildman–Crippen LogP) is 4.41. The molecule has 110 valence electrons. The predicted molar refractivity (Wildman–Crippen MR) is 89.5 cm³/mol. The molecule has 0 fully saturated rings. The average molecular weight is 291 g/mol. The lowest BCUT2D eigenvalue weighted by Crippen LogP contribution is -2.13. The van der Waals surface area contributed by atoms with Crippen molar-refractivity contribution in [1.82, 2.24) is 0 Å². The van der Waals surface area contributed by atoms with Gasteiger partial charge >= 0.3 is 0 Å². The second kappa shape index (κ2) is 5.53. The van der Waals surface area contributed by atoms with Gasteiger partial charge in [-0.2, -0.15) is 0 Å². The van der Waals surface area contributed by atoms with Gasteiger partial charge in [-0.15, -0.1) is 0 Å². The molecule has 0 atom stereocenters. The van der Waals surface area contributed by atoms with E-state index in [0.717, 1.165) is 27.6 Å². The SMILES string of the molecule is Cc1cc(O)cc(C)c1NC(=O)c1ccc2ccccc2c1. The van der Waals surface area contributed by atoms with Crippen molar-refractivity contribution in [2.75, 3.05) is 5.32 Å². The number of carbonyl (C=O) groups is 1. The van der Waals surface area contributed by atoms with Crippen LogP contribution in [0, 0.1) is 13.8 Å². The summed E-state index contributed by atoms with van der Waals surface area (Å²) in [7, 11) is 0. The van der Waals surface area contributed by atoms with Crippen LogP contribution in [-0.4, -0.2) is 11.0 Å². The van der Waals surface area contributed by atoms with Crippen molar-refractivity contribution in [3.8, 4) is 5.75 Å². The van der Waals surface area contributed by atoms with Gasteiger partial charge < -0.3 is 10.4 Å². The Hall–Kier alpha value is -2.81. The van der Waals surface area contributed by atoms with Crippen molar-refractivity contribution in [3.05, 3.63) is 71.3 Å². The van der Waals surface area contributed by atoms with E-state index in [9.17, 15) is 9.90 Å². The number of rotatable bonds is 2. The maximum absolute atomic E-state index is 12.5. The number of phenols is 1. The molecular weight excluding hydrogens is 274 g/mol. The number of phenolic OH excluding ortho intramolecular Hbond substituents is 1. The van der Waals surface area contributed by atoms with E-state index in [2.05, 4.69) is 5.32 Å². The second-order valence-electron chi connectivity index (χ2n) is 5.47. The molecule has 0 aliphatic carbocycles. The molecule has 3 heteroatoms. The van der Waals surface area contributed by atoms with Crippen LogP contribution < -0.4 is 5.32 Å². The number of fused-ring (bicyclic) bond motifs is 1. The highest BCUT2D eigenvalue weighted by Crippen LogP contribution is 2.26. The largest absolute Gasteiger partial charge is 0.508 e. The van der Waals surface area contributed by atoms with E-state index in [1.54, 1.807) is 12.1 Å². The number of anilines is 1. The molecule has 3 aromatic carbocycles. The van der Waals surface area contributed by atoms with Crippen LogP contribution in [0.4, 0.5) is 5.69 Å². The van der Waals surface area contributed by atoms with Crippen molar-refractivity contribution in [2.24, 2.45) is 0 Å². The summed E-state index contributed by atoms with van der Waals surface area (Å²) in [6.45, 7) is 3.73. The lowest BCUT2D eigenvalue weighted by atomic mass is 10.1. The van der Waals surface area contributed by atoms with E-state index in [1.807, 2.05) is 56.3 Å². The maximum Gasteiger partial charge on any atom is 0.255 e. The third kappa shape index (κ3) is 2.66. The molecule has 0 saturated heterocycles. The number of carbonyl (C=O) groups excluding carboxylic acids is 1. The summed E-state index contributed by atoms with van der Waals surface area (Å²) in [5, 5.41) is 14.7. The summed E-state index contributed by atoms with van der Waals surface area (Å²) in [5.41, 5.74) is 3.04. The molecule has 3 aromatic rings. The number of aryl methyl sites for hydroxylation is 2. The molecule has 0 heterocycles. The minimum absolute atomic E-state index is 0.150. The van der Waals surface area contributed by atoms with Crippen LogP contribution in [0.5, 0.6) is 5.75 Å². The number of hydrogen-bond acceptors (Lipinski definition) is 2. The summed E-state index contributed by atoms with van der Waals surface area (Å²) in [6, 6.07) is 16.9. The topological polar surface area (TPSA) is 49.3 Å². The highest BCUT2D eigenvalue weighted by Gasteiger charge is 2.11. The molecule has 3 nitrogen and oxygen atoms in total. The quantitative estimate of drug-likeness (QED) is 0.687. The van der Waals surface area contributed by atoms with E-state index in [4.69, 9.17) is 0 Å². The number of hydrogen-bond donors (Lipinski definition) is 2. The smallest absolute Gasteiger partial charge is 0.255 e. The Bertz CT molecular complexity index is 845. The zero-order valence-electron chi connectivity index (χ0n) is 12.6. The Kier molecular flexibility index (Phi) is 3.55. The standard InChI is InChI=1S/C19H17NO2/c1-12-9-17(21)10-13(2)18(12)20-19(22)16-8-7-14-5-3-4-6-15(14)11-16/h3-11,21H,1-2H3,(H,20,22). The summed E-state index contributed by atoms with van der Waals surface area (Å²) in [6.07, 6.45) is 0. The van der Waals surface area contributed by atoms with Crippen LogP contribution in [0.15, 0.2) is 54.6 Å². The lowest BCUT2D eigenvalue weighted by Gasteiger charge is -2.12. The van der Waals surface area contributed by atoms with Gasteiger partial charge in [-0.3, -0.25) is 4.79 Å². The van der Waals surface area contributed by atoms with Crippen LogP contribution in [0.3, 0.4) is 0 Å². The van der Waals surface area contributed by atoms with Gasteiger partial charge in [0.25, 0.3) is 5.91 Å². The van der Waals surface area contributed by atoms with E-state index in [0.29, 0.717) is 5.56 Å². The van der Waals surface area contributed by atoms with Gasteiger partial charge in [0, 0.05) is 11.3 Å². The molecule has 0 saturated carbocycles. The van der Waals surface area contributed by atoms with Crippen LogP contribution in [-0.2, 0) is 0 Å². The average Bonchev–Trinajstić information content (AvgIpc) is 2.50. The highest BCUT2D eigenvalue weighted by atomic mass is 16.3. The number of amides is 1. The van der Waals surface area contributed by atoms with E-state index >= 15 is 0 Å². The van der Waals surface area contributed by atoms with Gasteiger partial charge in [0.05, 0.1) is 0 Å². The Morgan fingerprint density at radius 3 is 2.23 bits per heavy atom. The number of nitrogens with one attached hydrogen (secondary N) is 1. The Morgan fingerprint density at radius 1 is 0.909 bits per heavy atom. The van der Waals surface area contributed by atoms with Gasteiger partial charge in [0.1, 0.15) is 5.75 Å². The maximum atomic E-state index is 12.5. The van der Waals surface area contributed by atoms with Crippen molar-refractivity contribution in [3.63, 3.8) is 0 Å². The van der Waals surface area contributed by atoms with E-state index < -0.39 is 0 Å². The first-order valence-corrected chi connectivity index (χ1v) is 7.15. The van der Waals surface area contributed by atoms with Gasteiger partial charge in [-0.25, -0.2) is 0 Å². The molecule has 22 heavy (non-hydrogen) atoms. The molecule has 1 amide bonds. The van der Waals surface area contributed by atoms with Crippen molar-refractivity contribution in [2.45, 2.75) is 13.8 Å². The normalized spacial score (nSPS) is 10.6. The molecule has 0 aromatic heterocycles. The first-order chi connectivity index (χ1) is 10.5. The highest BCUT2D eigenvalue weighted by molar-refractivity contribution is 6.07. The van der Waals surface area contributed by atoms with E-state index in [1.165, 1.54) is 0 Å². The number of aromatic hydroxyl groups is 1. The van der Waals surface area contributed by atoms with Crippen LogP contribution in [0.1, 0.15) is 21.5 Å². The molecule has 3 rings (SSSR count). The van der Waals surface area contributed by atoms with Gasteiger partial charge in [0.15, 0.2) is 0 Å². The Balaban J connectivity index is 1.93. The molecule has 2 N–H and O–H groups in total. The molecule has 0 aliphatic rings. The molecule has 0 unspecified atom stereocenters. The fraction of sp³-hybridized carbons (Fsp3) is 0.105. The van der Waals surface area contributed by atoms with Crippen LogP contribution >= 0.6 is 0 Å². The monoisotopic (exact) mass is 291 g/mol. The first-order valence-electron chi connectivity index (χ1n) is 7.15. The molecular formula is C19H17NO2. The second-order valence-corrected chi connectivity index (χ2v) is 5.47.